The van der Waals surface area contributed by atoms with Crippen LogP contribution in [-0.2, 0) is 10.0 Å². The summed E-state index contributed by atoms with van der Waals surface area (Å²) >= 11 is 6.33. The molecule has 3 aliphatic carbocycles. The van der Waals surface area contributed by atoms with Crippen LogP contribution in [-0.4, -0.2) is 47.2 Å². The van der Waals surface area contributed by atoms with Gasteiger partial charge in [-0.3, -0.25) is 4.79 Å². The lowest BCUT2D eigenvalue weighted by Gasteiger charge is -2.17. The van der Waals surface area contributed by atoms with Crippen LogP contribution < -0.4 is 14.8 Å². The maximum atomic E-state index is 13.0. The van der Waals surface area contributed by atoms with Crippen LogP contribution in [0.3, 0.4) is 0 Å². The molecule has 3 aliphatic rings. The molecule has 3 fully saturated rings. The molecule has 236 valence electrons. The van der Waals surface area contributed by atoms with E-state index in [4.69, 9.17) is 16.3 Å². The Balaban J connectivity index is 1.02. The molecule has 12 heteroatoms. The molecule has 0 bridgehead atoms. The Morgan fingerprint density at radius 1 is 1.09 bits per heavy atom. The van der Waals surface area contributed by atoms with Crippen molar-refractivity contribution in [1.29, 1.82) is 0 Å². The third-order valence-corrected chi connectivity index (χ3v) is 10.7. The molecule has 44 heavy (non-hydrogen) atoms. The number of nitrogens with zero attached hydrogens (tertiary/aromatic N) is 4. The van der Waals surface area contributed by atoms with Crippen molar-refractivity contribution < 1.29 is 17.9 Å². The van der Waals surface area contributed by atoms with Crippen molar-refractivity contribution in [2.75, 3.05) is 18.5 Å². The van der Waals surface area contributed by atoms with Crippen molar-refractivity contribution in [1.82, 2.24) is 24.5 Å². The van der Waals surface area contributed by atoms with Crippen LogP contribution in [0.2, 0.25) is 5.15 Å². The van der Waals surface area contributed by atoms with Gasteiger partial charge in [-0.25, -0.2) is 19.4 Å². The number of sulfonamides is 1. The number of hydrogen-bond acceptors (Lipinski definition) is 8. The Bertz CT molecular complexity index is 1590. The third kappa shape index (κ3) is 7.72. The molecular formula is C32H41ClN6O4S. The first-order valence-electron chi connectivity index (χ1n) is 15.7. The number of ether oxygens (including phenoxy) is 1. The number of pyridine rings is 2. The highest BCUT2D eigenvalue weighted by Crippen LogP contribution is 2.50. The molecule has 0 radical (unpaired) electrons. The average Bonchev–Trinajstić information content (AvgIpc) is 3.92. The van der Waals surface area contributed by atoms with E-state index in [1.807, 2.05) is 0 Å². The van der Waals surface area contributed by atoms with E-state index in [0.717, 1.165) is 30.6 Å². The number of halogens is 1. The molecule has 0 saturated heterocycles. The van der Waals surface area contributed by atoms with Gasteiger partial charge in [0.05, 0.1) is 12.2 Å². The molecule has 1 amide bonds. The average molecular weight is 641 g/mol. The van der Waals surface area contributed by atoms with Crippen LogP contribution in [0.5, 0.6) is 5.88 Å². The Hall–Kier alpha value is -3.18. The fraction of sp³-hybridized carbons (Fsp3) is 0.562. The monoisotopic (exact) mass is 640 g/mol. The lowest BCUT2D eigenvalue weighted by atomic mass is 9.90. The minimum absolute atomic E-state index is 0.0809. The second-order valence-electron chi connectivity index (χ2n) is 13.4. The molecule has 0 aliphatic heterocycles. The first-order chi connectivity index (χ1) is 21.1. The zero-order chi connectivity index (χ0) is 30.9. The van der Waals surface area contributed by atoms with Gasteiger partial charge in [-0.1, -0.05) is 31.5 Å². The Labute approximate surface area is 264 Å². The third-order valence-electron chi connectivity index (χ3n) is 9.19. The van der Waals surface area contributed by atoms with Crippen LogP contribution in [0, 0.1) is 29.1 Å². The van der Waals surface area contributed by atoms with Gasteiger partial charge in [0.15, 0.2) is 10.8 Å². The van der Waals surface area contributed by atoms with E-state index in [1.165, 1.54) is 61.8 Å². The van der Waals surface area contributed by atoms with E-state index >= 15 is 0 Å². The number of hydrogen-bond donors (Lipinski definition) is 2. The minimum Gasteiger partial charge on any atom is -0.477 e. The predicted molar refractivity (Wildman–Crippen MR) is 169 cm³/mol. The fourth-order valence-corrected chi connectivity index (χ4v) is 7.73. The Morgan fingerprint density at radius 2 is 1.86 bits per heavy atom. The van der Waals surface area contributed by atoms with Gasteiger partial charge in [-0.2, -0.15) is 8.42 Å². The number of aromatic nitrogens is 4. The number of anilines is 1. The largest absolute Gasteiger partial charge is 0.477 e. The summed E-state index contributed by atoms with van der Waals surface area (Å²) in [4.78, 5) is 21.4. The smallest absolute Gasteiger partial charge is 0.281 e. The van der Waals surface area contributed by atoms with E-state index < -0.39 is 15.9 Å². The number of rotatable bonds is 14. The van der Waals surface area contributed by atoms with Gasteiger partial charge >= 0.3 is 0 Å². The fourth-order valence-electron chi connectivity index (χ4n) is 6.56. The minimum atomic E-state index is -4.25. The van der Waals surface area contributed by atoms with Gasteiger partial charge < -0.3 is 10.1 Å². The van der Waals surface area contributed by atoms with Crippen LogP contribution in [0.4, 0.5) is 5.82 Å². The molecule has 1 unspecified atom stereocenters. The second-order valence-corrected chi connectivity index (χ2v) is 15.4. The Morgan fingerprint density at radius 3 is 2.55 bits per heavy atom. The van der Waals surface area contributed by atoms with Gasteiger partial charge in [0.1, 0.15) is 11.0 Å². The van der Waals surface area contributed by atoms with E-state index in [9.17, 15) is 13.2 Å². The number of nitrogens with one attached hydrogen (secondary N) is 2. The second kappa shape index (κ2) is 12.7. The lowest BCUT2D eigenvalue weighted by Crippen LogP contribution is -2.31. The number of amides is 1. The predicted octanol–water partition coefficient (Wildman–Crippen LogP) is 6.27. The van der Waals surface area contributed by atoms with Gasteiger partial charge in [0, 0.05) is 18.8 Å². The van der Waals surface area contributed by atoms with Gasteiger partial charge in [-0.05, 0) is 111 Å². The quantitative estimate of drug-likeness (QED) is 0.197. The van der Waals surface area contributed by atoms with Crippen LogP contribution in [0.1, 0.15) is 82.0 Å². The molecule has 0 aromatic carbocycles. The molecule has 3 aromatic heterocycles. The van der Waals surface area contributed by atoms with Gasteiger partial charge in [0.2, 0.25) is 5.88 Å². The maximum Gasteiger partial charge on any atom is 0.281 e. The van der Waals surface area contributed by atoms with E-state index in [2.05, 4.69) is 39.0 Å². The normalized spacial score (nSPS) is 19.7. The molecule has 0 spiro atoms. The van der Waals surface area contributed by atoms with Gasteiger partial charge in [0.25, 0.3) is 15.9 Å². The number of carbonyl (C=O) groups excluding carboxylic acids is 1. The summed E-state index contributed by atoms with van der Waals surface area (Å²) in [6.45, 7) is 5.92. The Kier molecular flexibility index (Phi) is 8.88. The first kappa shape index (κ1) is 30.8. The summed E-state index contributed by atoms with van der Waals surface area (Å²) in [5.74, 6) is 3.59. The number of carbonyl (C=O) groups is 1. The van der Waals surface area contributed by atoms with E-state index in [-0.39, 0.29) is 15.7 Å². The molecule has 3 heterocycles. The van der Waals surface area contributed by atoms with E-state index in [0.29, 0.717) is 42.0 Å². The van der Waals surface area contributed by atoms with E-state index in [1.54, 1.807) is 30.5 Å². The molecule has 6 rings (SSSR count). The highest BCUT2D eigenvalue weighted by Gasteiger charge is 2.41. The van der Waals surface area contributed by atoms with Crippen molar-refractivity contribution in [3.63, 3.8) is 0 Å². The van der Waals surface area contributed by atoms with Crippen LogP contribution >= 0.6 is 11.6 Å². The summed E-state index contributed by atoms with van der Waals surface area (Å²) in [6, 6.07) is 9.38. The molecule has 3 saturated carbocycles. The first-order valence-corrected chi connectivity index (χ1v) is 17.6. The summed E-state index contributed by atoms with van der Waals surface area (Å²) in [6.07, 6.45) is 12.8. The maximum absolute atomic E-state index is 13.0. The summed E-state index contributed by atoms with van der Waals surface area (Å²) in [5, 5.41) is 7.25. The highest BCUT2D eigenvalue weighted by atomic mass is 35.5. The van der Waals surface area contributed by atoms with Gasteiger partial charge in [-0.15, -0.1) is 5.10 Å². The zero-order valence-electron chi connectivity index (χ0n) is 25.3. The van der Waals surface area contributed by atoms with Crippen LogP contribution in [0.25, 0.3) is 5.82 Å². The van der Waals surface area contributed by atoms with Crippen molar-refractivity contribution in [2.24, 2.45) is 29.1 Å². The van der Waals surface area contributed by atoms with Crippen molar-refractivity contribution in [3.05, 3.63) is 53.3 Å². The summed E-state index contributed by atoms with van der Waals surface area (Å²) < 4.78 is 35.5. The standard InChI is InChI=1S/C32H41ClN6O4S/c1-32(2)16-12-21(20-32)13-17-34-26-4-3-5-29(35-26)44(41,42)38-31(40)25-10-11-27(36-30(25)33)39-18-14-28(37-39)43-19-15-24(22-6-7-22)23-8-9-23/h3-5,10-11,14,18,21-24H,6-9,12-13,15-17,19-20H2,1-2H3,(H,34,35)(H,38,40). The topological polar surface area (TPSA) is 128 Å². The van der Waals surface area contributed by atoms with Crippen LogP contribution in [0.15, 0.2) is 47.6 Å². The molecule has 10 nitrogen and oxygen atoms in total. The molecule has 2 N–H and O–H groups in total. The zero-order valence-corrected chi connectivity index (χ0v) is 26.9. The summed E-state index contributed by atoms with van der Waals surface area (Å²) in [5.41, 5.74) is 0.307. The molecule has 1 atom stereocenters. The lowest BCUT2D eigenvalue weighted by molar-refractivity contribution is 0.0981. The summed E-state index contributed by atoms with van der Waals surface area (Å²) in [7, 11) is -4.25. The SMILES string of the molecule is CC1(C)CCC(CCNc2cccc(S(=O)(=O)NC(=O)c3ccc(-n4ccc(OCCC(C5CC5)C5CC5)n4)nc3Cl)n2)C1. The highest BCUT2D eigenvalue weighted by molar-refractivity contribution is 7.90. The molecular weight excluding hydrogens is 600 g/mol. The molecule has 3 aromatic rings. The van der Waals surface area contributed by atoms with Crippen molar-refractivity contribution in [2.45, 2.75) is 76.7 Å². The van der Waals surface area contributed by atoms with Crippen molar-refractivity contribution >= 4 is 33.3 Å². The van der Waals surface area contributed by atoms with Crippen molar-refractivity contribution in [3.8, 4) is 11.7 Å².